The summed E-state index contributed by atoms with van der Waals surface area (Å²) < 4.78 is 31.5. The minimum atomic E-state index is -3.82. The van der Waals surface area contributed by atoms with Crippen molar-refractivity contribution in [2.24, 2.45) is 0 Å². The van der Waals surface area contributed by atoms with E-state index in [1.807, 2.05) is 59.3 Å². The van der Waals surface area contributed by atoms with Gasteiger partial charge in [0.15, 0.2) is 5.82 Å². The Morgan fingerprint density at radius 2 is 1.57 bits per heavy atom. The Morgan fingerprint density at radius 1 is 0.907 bits per heavy atom. The second-order valence-electron chi connectivity index (χ2n) is 14.9. The van der Waals surface area contributed by atoms with Gasteiger partial charge in [-0.2, -0.15) is 0 Å². The topological polar surface area (TPSA) is 148 Å². The fraction of sp³-hybridized carbons (Fsp3) is 0.439. The first-order valence-electron chi connectivity index (χ1n) is 18.6. The summed E-state index contributed by atoms with van der Waals surface area (Å²) >= 11 is 1.37. The quantitative estimate of drug-likeness (QED) is 0.117. The lowest BCUT2D eigenvalue weighted by molar-refractivity contribution is -0.139. The van der Waals surface area contributed by atoms with Crippen LogP contribution in [-0.4, -0.2) is 72.5 Å². The minimum Gasteiger partial charge on any atom is -0.494 e. The third-order valence-corrected chi connectivity index (χ3v) is 11.4. The molecular formula is C41H51N5O6S2. The number of likely N-dealkylation sites (tertiary alicyclic amines) is 1. The molecule has 3 heterocycles. The van der Waals surface area contributed by atoms with Gasteiger partial charge in [0.2, 0.25) is 15.9 Å². The van der Waals surface area contributed by atoms with E-state index in [2.05, 4.69) is 43.0 Å². The molecule has 13 heteroatoms. The van der Waals surface area contributed by atoms with E-state index in [1.165, 1.54) is 41.9 Å². The zero-order valence-corrected chi connectivity index (χ0v) is 33.4. The summed E-state index contributed by atoms with van der Waals surface area (Å²) in [6.45, 7) is 9.39. The number of hydrogen-bond acceptors (Lipinski definition) is 9. The number of carbonyl (C=O) groups is 3. The number of benzene rings is 2. The summed E-state index contributed by atoms with van der Waals surface area (Å²) in [5.41, 5.74) is 3.27. The van der Waals surface area contributed by atoms with Crippen LogP contribution in [0, 0.1) is 0 Å². The van der Waals surface area contributed by atoms with Crippen LogP contribution in [0.5, 0.6) is 5.75 Å². The summed E-state index contributed by atoms with van der Waals surface area (Å²) in [7, 11) is -3.82. The van der Waals surface area contributed by atoms with E-state index in [0.29, 0.717) is 30.2 Å². The summed E-state index contributed by atoms with van der Waals surface area (Å²) in [4.78, 5) is 52.5. The van der Waals surface area contributed by atoms with Crippen LogP contribution in [0.25, 0.3) is 22.5 Å². The third-order valence-electron chi connectivity index (χ3n) is 9.30. The maximum Gasteiger partial charge on any atom is 0.262 e. The third kappa shape index (κ3) is 11.2. The van der Waals surface area contributed by atoms with Gasteiger partial charge in [0.05, 0.1) is 17.7 Å². The van der Waals surface area contributed by atoms with Crippen molar-refractivity contribution in [3.8, 4) is 28.3 Å². The van der Waals surface area contributed by atoms with Crippen LogP contribution in [0.1, 0.15) is 92.8 Å². The molecule has 2 aromatic carbocycles. The van der Waals surface area contributed by atoms with Gasteiger partial charge in [-0.1, -0.05) is 89.8 Å². The molecule has 0 saturated carbocycles. The van der Waals surface area contributed by atoms with Crippen LogP contribution in [0.3, 0.4) is 0 Å². The molecule has 5 rings (SSSR count). The Hall–Kier alpha value is -4.62. The van der Waals surface area contributed by atoms with Crippen molar-refractivity contribution in [1.82, 2.24) is 24.9 Å². The van der Waals surface area contributed by atoms with Gasteiger partial charge >= 0.3 is 0 Å². The maximum atomic E-state index is 14.1. The van der Waals surface area contributed by atoms with Crippen molar-refractivity contribution in [2.75, 3.05) is 19.4 Å². The average Bonchev–Trinajstić information content (AvgIpc) is 3.84. The van der Waals surface area contributed by atoms with Crippen LogP contribution in [-0.2, 0) is 31.4 Å². The second kappa shape index (κ2) is 18.1. The van der Waals surface area contributed by atoms with E-state index in [9.17, 15) is 22.8 Å². The lowest BCUT2D eigenvalue weighted by Gasteiger charge is -2.28. The number of rotatable bonds is 16. The molecule has 1 fully saturated rings. The van der Waals surface area contributed by atoms with E-state index < -0.39 is 39.8 Å². The molecule has 2 N–H and O–H groups in total. The van der Waals surface area contributed by atoms with Crippen LogP contribution < -0.4 is 14.8 Å². The van der Waals surface area contributed by atoms with Crippen molar-refractivity contribution >= 4 is 39.1 Å². The number of aromatic nitrogens is 2. The molecule has 1 saturated heterocycles. The van der Waals surface area contributed by atoms with Gasteiger partial charge in [-0.05, 0) is 60.1 Å². The summed E-state index contributed by atoms with van der Waals surface area (Å²) in [6.07, 6.45) is 11.4. The number of ether oxygens (including phenoxy) is 1. The first-order valence-corrected chi connectivity index (χ1v) is 21.3. The van der Waals surface area contributed by atoms with E-state index in [1.54, 1.807) is 18.5 Å². The predicted molar refractivity (Wildman–Crippen MR) is 213 cm³/mol. The second-order valence-corrected chi connectivity index (χ2v) is 17.7. The predicted octanol–water partition coefficient (Wildman–Crippen LogP) is 6.93. The number of sulfonamides is 1. The Bertz CT molecular complexity index is 1990. The van der Waals surface area contributed by atoms with E-state index >= 15 is 0 Å². The lowest BCUT2D eigenvalue weighted by atomic mass is 9.95. The van der Waals surface area contributed by atoms with Gasteiger partial charge < -0.3 is 15.0 Å². The molecule has 0 radical (unpaired) electrons. The van der Waals surface area contributed by atoms with Gasteiger partial charge in [-0.3, -0.25) is 19.1 Å². The Labute approximate surface area is 323 Å². The molecule has 4 aromatic rings. The van der Waals surface area contributed by atoms with Crippen molar-refractivity contribution < 1.29 is 27.5 Å². The van der Waals surface area contributed by atoms with Gasteiger partial charge in [0, 0.05) is 41.4 Å². The van der Waals surface area contributed by atoms with Crippen molar-refractivity contribution in [3.05, 3.63) is 88.4 Å². The highest BCUT2D eigenvalue weighted by Gasteiger charge is 2.38. The number of unbranched alkanes of at least 4 members (excludes halogenated alkanes) is 4. The minimum absolute atomic E-state index is 0.145. The van der Waals surface area contributed by atoms with Crippen molar-refractivity contribution in [1.29, 1.82) is 0 Å². The number of amides is 3. The molecule has 2 unspecified atom stereocenters. The number of carbonyl (C=O) groups excluding carboxylic acids is 3. The number of thiophene rings is 1. The van der Waals surface area contributed by atoms with Crippen LogP contribution in [0.15, 0.2) is 73.1 Å². The van der Waals surface area contributed by atoms with Gasteiger partial charge in [-0.25, -0.2) is 18.4 Å². The SMILES string of the molecule is CCCCCCCOc1ccc(-c2cnc(-c3ccc(CC(NC(=O)c4ccc(C(C)(C)C)s4)C(=O)N4CCCC4C(=O)NS(C)(=O)=O)cc3)nc2)cc1. The summed E-state index contributed by atoms with van der Waals surface area (Å²) in [6, 6.07) is 17.1. The Morgan fingerprint density at radius 3 is 2.20 bits per heavy atom. The molecule has 0 aliphatic carbocycles. The van der Waals surface area contributed by atoms with Gasteiger partial charge in [0.1, 0.15) is 17.8 Å². The summed E-state index contributed by atoms with van der Waals surface area (Å²) in [5.74, 6) is -0.221. The highest BCUT2D eigenvalue weighted by molar-refractivity contribution is 7.89. The fourth-order valence-electron chi connectivity index (χ4n) is 6.34. The normalized spacial score (nSPS) is 15.1. The lowest BCUT2D eigenvalue weighted by Crippen LogP contribution is -2.54. The first-order chi connectivity index (χ1) is 25.7. The summed E-state index contributed by atoms with van der Waals surface area (Å²) in [5, 5.41) is 2.92. The standard InChI is InChI=1S/C41H51N5O6S2/c1-6-7-8-9-10-24-52-32-19-17-29(18-20-32)31-26-42-37(43-27-31)30-15-13-28(14-16-30)25-33(44-39(48)35-21-22-36(53-35)41(2,3)4)40(49)46-23-11-12-34(46)38(47)45-54(5,50)51/h13-22,26-27,33-34H,6-12,23-25H2,1-5H3,(H,44,48)(H,45,47). The number of nitrogens with one attached hydrogen (secondary N) is 2. The Balaban J connectivity index is 1.27. The van der Waals surface area contributed by atoms with Crippen molar-refractivity contribution in [2.45, 2.75) is 96.6 Å². The Kier molecular flexibility index (Phi) is 13.6. The number of nitrogens with zero attached hydrogens (tertiary/aromatic N) is 3. The van der Waals surface area contributed by atoms with Crippen molar-refractivity contribution in [3.63, 3.8) is 0 Å². The molecule has 288 valence electrons. The molecule has 2 atom stereocenters. The maximum absolute atomic E-state index is 14.1. The average molecular weight is 774 g/mol. The first kappa shape index (κ1) is 40.6. The zero-order chi connectivity index (χ0) is 38.9. The van der Waals surface area contributed by atoms with Crippen LogP contribution >= 0.6 is 11.3 Å². The molecule has 3 amide bonds. The van der Waals surface area contributed by atoms with E-state index in [0.717, 1.165) is 45.6 Å². The van der Waals surface area contributed by atoms with E-state index in [-0.39, 0.29) is 18.4 Å². The van der Waals surface area contributed by atoms with Crippen LogP contribution in [0.2, 0.25) is 0 Å². The molecule has 0 spiro atoms. The molecular weight excluding hydrogens is 723 g/mol. The molecule has 1 aliphatic heterocycles. The molecule has 2 aromatic heterocycles. The number of hydrogen-bond donors (Lipinski definition) is 2. The largest absolute Gasteiger partial charge is 0.494 e. The molecule has 11 nitrogen and oxygen atoms in total. The highest BCUT2D eigenvalue weighted by atomic mass is 32.2. The van der Waals surface area contributed by atoms with Gasteiger partial charge in [0.25, 0.3) is 11.8 Å². The van der Waals surface area contributed by atoms with Gasteiger partial charge in [-0.15, -0.1) is 11.3 Å². The molecule has 1 aliphatic rings. The molecule has 54 heavy (non-hydrogen) atoms. The highest BCUT2D eigenvalue weighted by Crippen LogP contribution is 2.30. The molecule has 0 bridgehead atoms. The fourth-order valence-corrected chi connectivity index (χ4v) is 7.81. The monoisotopic (exact) mass is 773 g/mol. The zero-order valence-electron chi connectivity index (χ0n) is 31.8. The van der Waals surface area contributed by atoms with Crippen LogP contribution in [0.4, 0.5) is 0 Å². The smallest absolute Gasteiger partial charge is 0.262 e. The van der Waals surface area contributed by atoms with E-state index in [4.69, 9.17) is 4.74 Å².